The van der Waals surface area contributed by atoms with Crippen LogP contribution in [0, 0.1) is 0 Å². The first kappa shape index (κ1) is 46.7. The fraction of sp³-hybridized carbons (Fsp3) is 0.224. The monoisotopic (exact) mass is 871 g/mol. The van der Waals surface area contributed by atoms with Crippen LogP contribution in [0.1, 0.15) is 76.5 Å². The number of aromatic nitrogens is 1. The molecule has 0 fully saturated rings. The first-order chi connectivity index (χ1) is 30.1. The molecule has 3 aromatic carbocycles. The van der Waals surface area contributed by atoms with Crippen molar-refractivity contribution >= 4 is 58.2 Å². The average Bonchev–Trinajstić information content (AvgIpc) is 3.68. The van der Waals surface area contributed by atoms with E-state index in [1.165, 1.54) is 17.6 Å². The largest absolute Gasteiger partial charge is 0.489 e. The Kier molecular flexibility index (Phi) is 16.3. The summed E-state index contributed by atoms with van der Waals surface area (Å²) in [5.74, 6) is -1.09. The van der Waals surface area contributed by atoms with Gasteiger partial charge in [-0.05, 0) is 112 Å². The lowest BCUT2D eigenvalue weighted by Crippen LogP contribution is -2.34. The number of benzene rings is 3. The number of thiazole rings is 1. The van der Waals surface area contributed by atoms with Crippen LogP contribution in [0.2, 0.25) is 0 Å². The van der Waals surface area contributed by atoms with Crippen LogP contribution in [0.15, 0.2) is 134 Å². The molecule has 1 N–H and O–H groups in total. The van der Waals surface area contributed by atoms with Gasteiger partial charge in [0.25, 0.3) is 0 Å². The van der Waals surface area contributed by atoms with E-state index >= 15 is 0 Å². The van der Waals surface area contributed by atoms with E-state index in [0.717, 1.165) is 40.3 Å². The number of ether oxygens (including phenoxy) is 6. The van der Waals surface area contributed by atoms with Crippen molar-refractivity contribution in [2.75, 3.05) is 25.2 Å². The van der Waals surface area contributed by atoms with Gasteiger partial charge in [-0.25, -0.2) is 24.2 Å². The van der Waals surface area contributed by atoms with E-state index in [4.69, 9.17) is 33.4 Å². The van der Waals surface area contributed by atoms with E-state index < -0.39 is 35.1 Å². The van der Waals surface area contributed by atoms with Gasteiger partial charge in [0, 0.05) is 24.1 Å². The molecule has 4 aromatic rings. The molecule has 13 nitrogen and oxygen atoms in total. The molecule has 1 heterocycles. The van der Waals surface area contributed by atoms with Crippen LogP contribution in [0.4, 0.5) is 5.13 Å². The van der Waals surface area contributed by atoms with Crippen molar-refractivity contribution in [3.05, 3.63) is 162 Å². The molecule has 0 amide bonds. The topological polar surface area (TPSA) is 161 Å². The van der Waals surface area contributed by atoms with Gasteiger partial charge in [-0.2, -0.15) is 5.10 Å². The highest BCUT2D eigenvalue weighted by Crippen LogP contribution is 2.30. The van der Waals surface area contributed by atoms with Crippen LogP contribution in [0.5, 0.6) is 17.2 Å². The Bertz CT molecular complexity index is 2440. The summed E-state index contributed by atoms with van der Waals surface area (Å²) in [6, 6.07) is 18.0. The number of rotatable bonds is 19. The SMILES string of the molecule is C=CC(=O)OC(C)(C)COc1ccc(C(=O)OCCc2ccc(OC(=O)c3ccc(OCC(C)(C)OC(=O)C=C)cc3)c(/C=N/Nc3nc4c(s3)/C=C\C/C=C\C=C/C4=C)c2)cc1. The molecule has 0 atom stereocenters. The molecule has 0 saturated heterocycles. The summed E-state index contributed by atoms with van der Waals surface area (Å²) >= 11 is 1.42. The van der Waals surface area contributed by atoms with Gasteiger partial charge in [-0.1, -0.05) is 67.5 Å². The molecular formula is C49H49N3O10S. The smallest absolute Gasteiger partial charge is 0.343 e. The lowest BCUT2D eigenvalue weighted by Gasteiger charge is -2.24. The van der Waals surface area contributed by atoms with E-state index in [-0.39, 0.29) is 31.1 Å². The normalized spacial score (nSPS) is 14.0. The Morgan fingerprint density at radius 1 is 0.794 bits per heavy atom. The van der Waals surface area contributed by atoms with Crippen molar-refractivity contribution in [2.24, 2.45) is 5.10 Å². The number of nitrogens with one attached hydrogen (secondary N) is 1. The van der Waals surface area contributed by atoms with E-state index in [1.807, 2.05) is 36.5 Å². The first-order valence-corrected chi connectivity index (χ1v) is 20.6. The molecule has 1 aliphatic rings. The van der Waals surface area contributed by atoms with Gasteiger partial charge in [0.15, 0.2) is 0 Å². The fourth-order valence-corrected chi connectivity index (χ4v) is 6.45. The summed E-state index contributed by atoms with van der Waals surface area (Å²) in [6.45, 7) is 18.0. The Balaban J connectivity index is 1.26. The zero-order valence-corrected chi connectivity index (χ0v) is 36.4. The Morgan fingerprint density at radius 2 is 1.40 bits per heavy atom. The predicted octanol–water partition coefficient (Wildman–Crippen LogP) is 9.52. The Morgan fingerprint density at radius 3 is 2.00 bits per heavy atom. The van der Waals surface area contributed by atoms with Crippen molar-refractivity contribution in [3.63, 3.8) is 0 Å². The summed E-state index contributed by atoms with van der Waals surface area (Å²) in [7, 11) is 0. The van der Waals surface area contributed by atoms with Gasteiger partial charge in [-0.3, -0.25) is 5.43 Å². The summed E-state index contributed by atoms with van der Waals surface area (Å²) in [5, 5.41) is 4.98. The quantitative estimate of drug-likeness (QED) is 0.0238. The minimum absolute atomic E-state index is 0.0578. The first-order valence-electron chi connectivity index (χ1n) is 19.8. The number of carbonyl (C=O) groups excluding carboxylic acids is 4. The van der Waals surface area contributed by atoms with Crippen LogP contribution in [-0.2, 0) is 30.2 Å². The van der Waals surface area contributed by atoms with Crippen molar-refractivity contribution in [1.82, 2.24) is 4.98 Å². The molecule has 5 rings (SSSR count). The molecule has 0 unspecified atom stereocenters. The van der Waals surface area contributed by atoms with Crippen molar-refractivity contribution < 1.29 is 47.6 Å². The lowest BCUT2D eigenvalue weighted by molar-refractivity contribution is -0.153. The third-order valence-corrected chi connectivity index (χ3v) is 9.67. The molecule has 326 valence electrons. The van der Waals surface area contributed by atoms with Crippen LogP contribution < -0.4 is 19.6 Å². The highest BCUT2D eigenvalue weighted by Gasteiger charge is 2.24. The fourth-order valence-electron chi connectivity index (χ4n) is 5.57. The van der Waals surface area contributed by atoms with Crippen LogP contribution in [0.3, 0.4) is 0 Å². The lowest BCUT2D eigenvalue weighted by atomic mass is 10.1. The summed E-state index contributed by atoms with van der Waals surface area (Å²) in [5.41, 5.74) is 4.53. The zero-order chi connectivity index (χ0) is 45.4. The number of esters is 4. The maximum atomic E-state index is 13.4. The van der Waals surface area contributed by atoms with Crippen molar-refractivity contribution in [2.45, 2.75) is 51.7 Å². The van der Waals surface area contributed by atoms with Gasteiger partial charge in [0.2, 0.25) is 5.13 Å². The Labute approximate surface area is 370 Å². The summed E-state index contributed by atoms with van der Waals surface area (Å²) in [6.07, 6.45) is 16.7. The number of hydrogen-bond acceptors (Lipinski definition) is 14. The minimum Gasteiger partial charge on any atom is -0.489 e. The van der Waals surface area contributed by atoms with E-state index in [0.29, 0.717) is 34.2 Å². The van der Waals surface area contributed by atoms with Crippen molar-refractivity contribution in [3.8, 4) is 17.2 Å². The van der Waals surface area contributed by atoms with Gasteiger partial charge in [-0.15, -0.1) is 0 Å². The summed E-state index contributed by atoms with van der Waals surface area (Å²) < 4.78 is 33.6. The second-order valence-corrected chi connectivity index (χ2v) is 16.1. The number of carbonyl (C=O) groups is 4. The molecule has 0 saturated carbocycles. The van der Waals surface area contributed by atoms with Gasteiger partial charge < -0.3 is 28.4 Å². The van der Waals surface area contributed by atoms with Gasteiger partial charge in [0.05, 0.1) is 34.5 Å². The van der Waals surface area contributed by atoms with Crippen LogP contribution in [0.25, 0.3) is 11.6 Å². The number of anilines is 1. The molecule has 1 aliphatic carbocycles. The highest BCUT2D eigenvalue weighted by atomic mass is 32.1. The van der Waals surface area contributed by atoms with Crippen LogP contribution >= 0.6 is 11.3 Å². The van der Waals surface area contributed by atoms with Gasteiger partial charge >= 0.3 is 23.9 Å². The molecule has 14 heteroatoms. The molecule has 0 spiro atoms. The number of allylic oxidation sites excluding steroid dienone is 6. The minimum atomic E-state index is -0.908. The van der Waals surface area contributed by atoms with Crippen LogP contribution in [-0.4, -0.2) is 66.1 Å². The Hall–Kier alpha value is -7.32. The zero-order valence-electron chi connectivity index (χ0n) is 35.6. The molecule has 0 aliphatic heterocycles. The highest BCUT2D eigenvalue weighted by molar-refractivity contribution is 7.16. The maximum Gasteiger partial charge on any atom is 0.343 e. The maximum absolute atomic E-state index is 13.4. The molecule has 0 radical (unpaired) electrons. The van der Waals surface area contributed by atoms with Crippen molar-refractivity contribution in [1.29, 1.82) is 0 Å². The average molecular weight is 872 g/mol. The second kappa shape index (κ2) is 22.0. The number of nitrogens with zero attached hydrogens (tertiary/aromatic N) is 2. The standard InChI is InChI=1S/C49H49N3O10S/c1-8-42(53)61-48(4,5)31-58-38-22-18-35(19-23-38)45(55)57-28-27-34-17-26-40(60-46(56)36-20-24-39(25-21-36)59-32-49(6,7)62-43(54)9-2)37(29-34)30-50-52-47-51-44-33(3)15-13-11-10-12-14-16-41(44)63-47/h8-11,13-26,29-30H,1-3,12,27-28,31-32H2,4-7H3,(H,51,52)/b11-10-,15-13-,16-14-,50-30+. The summed E-state index contributed by atoms with van der Waals surface area (Å²) in [4.78, 5) is 55.2. The van der Waals surface area contributed by atoms with E-state index in [1.54, 1.807) is 94.4 Å². The second-order valence-electron chi connectivity index (χ2n) is 15.1. The predicted molar refractivity (Wildman–Crippen MR) is 244 cm³/mol. The third kappa shape index (κ3) is 14.7. The number of fused-ring (bicyclic) bond motifs is 1. The number of hydrogen-bond donors (Lipinski definition) is 1. The molecular weight excluding hydrogens is 823 g/mol. The number of hydrazone groups is 1. The van der Waals surface area contributed by atoms with E-state index in [2.05, 4.69) is 30.3 Å². The van der Waals surface area contributed by atoms with Gasteiger partial charge in [0.1, 0.15) is 41.7 Å². The third-order valence-electron chi connectivity index (χ3n) is 8.75. The molecule has 1 aromatic heterocycles. The molecule has 0 bridgehead atoms. The van der Waals surface area contributed by atoms with E-state index in [9.17, 15) is 19.2 Å². The molecule has 63 heavy (non-hydrogen) atoms.